The van der Waals surface area contributed by atoms with Gasteiger partial charge in [0.1, 0.15) is 0 Å². The quantitative estimate of drug-likeness (QED) is 0.409. The van der Waals surface area contributed by atoms with Crippen LogP contribution in [0.3, 0.4) is 0 Å². The molecule has 0 heterocycles. The van der Waals surface area contributed by atoms with Crippen LogP contribution in [-0.4, -0.2) is 39.3 Å². The molecule has 1 aliphatic rings. The lowest BCUT2D eigenvalue weighted by atomic mass is 9.83. The fourth-order valence-electron chi connectivity index (χ4n) is 2.87. The van der Waals surface area contributed by atoms with Crippen molar-refractivity contribution in [3.8, 4) is 0 Å². The SMILES string of the molecule is CCOCCC1(CNC(=NC)NCC(C)C)CCCC1. The molecule has 4 nitrogen and oxygen atoms in total. The summed E-state index contributed by atoms with van der Waals surface area (Å²) in [6, 6.07) is 0. The Kier molecular flexibility index (Phi) is 7.97. The third kappa shape index (κ3) is 6.12. The molecule has 1 aliphatic carbocycles. The maximum absolute atomic E-state index is 5.56. The topological polar surface area (TPSA) is 45.6 Å². The molecule has 0 atom stereocenters. The van der Waals surface area contributed by atoms with Crippen LogP contribution in [-0.2, 0) is 4.74 Å². The molecule has 0 unspecified atom stereocenters. The van der Waals surface area contributed by atoms with Gasteiger partial charge in [-0.1, -0.05) is 26.7 Å². The summed E-state index contributed by atoms with van der Waals surface area (Å²) in [4.78, 5) is 4.31. The Balaban J connectivity index is 2.41. The molecule has 1 fully saturated rings. The van der Waals surface area contributed by atoms with Gasteiger partial charge < -0.3 is 15.4 Å². The maximum atomic E-state index is 5.56. The molecule has 0 aliphatic heterocycles. The molecule has 0 spiro atoms. The molecule has 0 saturated heterocycles. The van der Waals surface area contributed by atoms with Gasteiger partial charge in [-0.25, -0.2) is 0 Å². The van der Waals surface area contributed by atoms with Crippen LogP contribution in [0.4, 0.5) is 0 Å². The van der Waals surface area contributed by atoms with Gasteiger partial charge >= 0.3 is 0 Å². The highest BCUT2D eigenvalue weighted by Crippen LogP contribution is 2.40. The van der Waals surface area contributed by atoms with Crippen LogP contribution in [0.15, 0.2) is 4.99 Å². The zero-order valence-corrected chi connectivity index (χ0v) is 13.8. The number of hydrogen-bond donors (Lipinski definition) is 2. The van der Waals surface area contributed by atoms with E-state index in [-0.39, 0.29) is 0 Å². The minimum absolute atomic E-state index is 0.407. The van der Waals surface area contributed by atoms with Crippen LogP contribution in [0.25, 0.3) is 0 Å². The van der Waals surface area contributed by atoms with Gasteiger partial charge in [0.15, 0.2) is 5.96 Å². The smallest absolute Gasteiger partial charge is 0.191 e. The Bertz CT molecular complexity index is 283. The van der Waals surface area contributed by atoms with Crippen molar-refractivity contribution in [3.05, 3.63) is 0 Å². The van der Waals surface area contributed by atoms with Gasteiger partial charge in [-0.2, -0.15) is 0 Å². The Labute approximate surface area is 124 Å². The van der Waals surface area contributed by atoms with Gasteiger partial charge in [-0.15, -0.1) is 0 Å². The zero-order valence-electron chi connectivity index (χ0n) is 13.8. The zero-order chi connectivity index (χ0) is 14.8. The van der Waals surface area contributed by atoms with Crippen molar-refractivity contribution in [1.29, 1.82) is 0 Å². The van der Waals surface area contributed by atoms with Crippen molar-refractivity contribution in [2.75, 3.05) is 33.4 Å². The second-order valence-electron chi connectivity index (χ2n) is 6.35. The Morgan fingerprint density at radius 2 is 1.95 bits per heavy atom. The Morgan fingerprint density at radius 1 is 1.25 bits per heavy atom. The first-order valence-corrected chi connectivity index (χ1v) is 8.14. The van der Waals surface area contributed by atoms with E-state index in [1.807, 2.05) is 7.05 Å². The van der Waals surface area contributed by atoms with E-state index in [1.165, 1.54) is 25.7 Å². The normalized spacial score (nSPS) is 18.6. The largest absolute Gasteiger partial charge is 0.382 e. The van der Waals surface area contributed by atoms with Crippen LogP contribution in [0.1, 0.15) is 52.9 Å². The first-order chi connectivity index (χ1) is 9.62. The Hall–Kier alpha value is -0.770. The fraction of sp³-hybridized carbons (Fsp3) is 0.938. The van der Waals surface area contributed by atoms with Crippen molar-refractivity contribution in [2.45, 2.75) is 52.9 Å². The monoisotopic (exact) mass is 283 g/mol. The van der Waals surface area contributed by atoms with Gasteiger partial charge in [-0.3, -0.25) is 4.99 Å². The number of nitrogens with zero attached hydrogens (tertiary/aromatic N) is 1. The third-order valence-electron chi connectivity index (χ3n) is 4.18. The molecule has 0 amide bonds. The standard InChI is InChI=1S/C16H33N3O/c1-5-20-11-10-16(8-6-7-9-16)13-19-15(17-4)18-12-14(2)3/h14H,5-13H2,1-4H3,(H2,17,18,19). The summed E-state index contributed by atoms with van der Waals surface area (Å²) in [6.07, 6.45) is 6.50. The summed E-state index contributed by atoms with van der Waals surface area (Å²) >= 11 is 0. The van der Waals surface area contributed by atoms with Crippen LogP contribution < -0.4 is 10.6 Å². The lowest BCUT2D eigenvalue weighted by Crippen LogP contribution is -2.44. The molecule has 0 aromatic rings. The molecule has 0 aromatic heterocycles. The fourth-order valence-corrected chi connectivity index (χ4v) is 2.87. The second kappa shape index (κ2) is 9.22. The summed E-state index contributed by atoms with van der Waals surface area (Å²) in [5.74, 6) is 1.56. The van der Waals surface area contributed by atoms with Crippen molar-refractivity contribution in [3.63, 3.8) is 0 Å². The van der Waals surface area contributed by atoms with E-state index in [0.717, 1.165) is 38.7 Å². The minimum atomic E-state index is 0.407. The van der Waals surface area contributed by atoms with Crippen LogP contribution >= 0.6 is 0 Å². The highest BCUT2D eigenvalue weighted by molar-refractivity contribution is 5.79. The molecule has 20 heavy (non-hydrogen) atoms. The highest BCUT2D eigenvalue weighted by Gasteiger charge is 2.33. The average Bonchev–Trinajstić information content (AvgIpc) is 2.88. The lowest BCUT2D eigenvalue weighted by molar-refractivity contribution is 0.105. The van der Waals surface area contributed by atoms with Crippen molar-refractivity contribution < 1.29 is 4.74 Å². The van der Waals surface area contributed by atoms with Gasteiger partial charge in [0.25, 0.3) is 0 Å². The van der Waals surface area contributed by atoms with Crippen LogP contribution in [0.5, 0.6) is 0 Å². The lowest BCUT2D eigenvalue weighted by Gasteiger charge is -2.30. The second-order valence-corrected chi connectivity index (χ2v) is 6.35. The minimum Gasteiger partial charge on any atom is -0.382 e. The number of rotatable bonds is 8. The van der Waals surface area contributed by atoms with E-state index in [2.05, 4.69) is 36.4 Å². The van der Waals surface area contributed by atoms with Crippen molar-refractivity contribution in [1.82, 2.24) is 10.6 Å². The Morgan fingerprint density at radius 3 is 2.50 bits per heavy atom. The number of aliphatic imine (C=N–C) groups is 1. The summed E-state index contributed by atoms with van der Waals surface area (Å²) in [7, 11) is 1.84. The molecule has 0 aromatic carbocycles. The number of ether oxygens (including phenoxy) is 1. The molecule has 1 saturated carbocycles. The van der Waals surface area contributed by atoms with Crippen LogP contribution in [0.2, 0.25) is 0 Å². The summed E-state index contributed by atoms with van der Waals surface area (Å²) in [5, 5.41) is 6.90. The van der Waals surface area contributed by atoms with E-state index >= 15 is 0 Å². The van der Waals surface area contributed by atoms with Crippen LogP contribution in [0, 0.1) is 11.3 Å². The number of hydrogen-bond acceptors (Lipinski definition) is 2. The first kappa shape index (κ1) is 17.3. The molecule has 4 heteroatoms. The van der Waals surface area contributed by atoms with Gasteiger partial charge in [0, 0.05) is 33.4 Å². The van der Waals surface area contributed by atoms with Crippen molar-refractivity contribution in [2.24, 2.45) is 16.3 Å². The summed E-state index contributed by atoms with van der Waals surface area (Å²) in [5.41, 5.74) is 0.407. The molecular formula is C16H33N3O. The van der Waals surface area contributed by atoms with E-state index in [0.29, 0.717) is 11.3 Å². The third-order valence-corrected chi connectivity index (χ3v) is 4.18. The predicted octanol–water partition coefficient (Wildman–Crippen LogP) is 2.79. The maximum Gasteiger partial charge on any atom is 0.191 e. The van der Waals surface area contributed by atoms with E-state index in [4.69, 9.17) is 4.74 Å². The number of guanidine groups is 1. The molecular weight excluding hydrogens is 250 g/mol. The molecule has 0 bridgehead atoms. The van der Waals surface area contributed by atoms with E-state index in [9.17, 15) is 0 Å². The predicted molar refractivity (Wildman–Crippen MR) is 86.2 cm³/mol. The first-order valence-electron chi connectivity index (χ1n) is 8.14. The van der Waals surface area contributed by atoms with Crippen molar-refractivity contribution >= 4 is 5.96 Å². The van der Waals surface area contributed by atoms with Gasteiger partial charge in [0.05, 0.1) is 0 Å². The molecule has 118 valence electrons. The molecule has 1 rings (SSSR count). The summed E-state index contributed by atoms with van der Waals surface area (Å²) in [6.45, 7) is 10.2. The van der Waals surface area contributed by atoms with Gasteiger partial charge in [0.2, 0.25) is 0 Å². The van der Waals surface area contributed by atoms with E-state index < -0.39 is 0 Å². The average molecular weight is 283 g/mol. The molecule has 2 N–H and O–H groups in total. The van der Waals surface area contributed by atoms with Gasteiger partial charge in [-0.05, 0) is 37.5 Å². The summed E-state index contributed by atoms with van der Waals surface area (Å²) < 4.78 is 5.56. The van der Waals surface area contributed by atoms with E-state index in [1.54, 1.807) is 0 Å². The highest BCUT2D eigenvalue weighted by atomic mass is 16.5. The number of nitrogens with one attached hydrogen (secondary N) is 2. The molecule has 0 radical (unpaired) electrons.